The summed E-state index contributed by atoms with van der Waals surface area (Å²) < 4.78 is 5.37. The van der Waals surface area contributed by atoms with Gasteiger partial charge in [0, 0.05) is 23.2 Å². The van der Waals surface area contributed by atoms with Crippen LogP contribution in [0.5, 0.6) is 0 Å². The molecular formula is C21H16ClN3O2. The second-order valence-electron chi connectivity index (χ2n) is 6.11. The fraction of sp³-hybridized carbons (Fsp3) is 0.0952. The smallest absolute Gasteiger partial charge is 0.259 e. The number of halogens is 1. The van der Waals surface area contributed by atoms with Crippen molar-refractivity contribution in [3.8, 4) is 22.7 Å². The second kappa shape index (κ2) is 7.70. The van der Waals surface area contributed by atoms with Crippen LogP contribution in [0.2, 0.25) is 5.02 Å². The average molecular weight is 378 g/mol. The summed E-state index contributed by atoms with van der Waals surface area (Å²) in [6, 6.07) is 19.0. The Morgan fingerprint density at radius 3 is 2.22 bits per heavy atom. The molecule has 0 spiro atoms. The maximum atomic E-state index is 9.12. The maximum absolute atomic E-state index is 9.12. The Balaban J connectivity index is 1.50. The van der Waals surface area contributed by atoms with E-state index in [1.54, 1.807) is 6.20 Å². The normalized spacial score (nSPS) is 10.9. The molecule has 0 radical (unpaired) electrons. The van der Waals surface area contributed by atoms with Crippen molar-refractivity contribution < 1.29 is 9.63 Å². The van der Waals surface area contributed by atoms with E-state index in [4.69, 9.17) is 21.2 Å². The van der Waals surface area contributed by atoms with Gasteiger partial charge in [-0.3, -0.25) is 4.98 Å². The van der Waals surface area contributed by atoms with Crippen molar-refractivity contribution in [3.63, 3.8) is 0 Å². The van der Waals surface area contributed by atoms with E-state index >= 15 is 0 Å². The number of pyridine rings is 1. The monoisotopic (exact) mass is 377 g/mol. The molecule has 4 rings (SSSR count). The summed E-state index contributed by atoms with van der Waals surface area (Å²) in [5.41, 5.74) is 4.51. The van der Waals surface area contributed by atoms with Crippen molar-refractivity contribution >= 4 is 11.6 Å². The van der Waals surface area contributed by atoms with Gasteiger partial charge in [-0.05, 0) is 35.4 Å². The molecule has 0 aliphatic rings. The molecule has 0 amide bonds. The zero-order valence-electron chi connectivity index (χ0n) is 14.3. The van der Waals surface area contributed by atoms with Crippen molar-refractivity contribution in [3.05, 3.63) is 88.8 Å². The van der Waals surface area contributed by atoms with Crippen molar-refractivity contribution in [2.75, 3.05) is 0 Å². The first-order chi connectivity index (χ1) is 13.2. The summed E-state index contributed by atoms with van der Waals surface area (Å²) in [5, 5.41) is 13.9. The largest absolute Gasteiger partial charge is 0.392 e. The predicted octanol–water partition coefficient (Wildman–Crippen LogP) is 4.54. The van der Waals surface area contributed by atoms with Crippen LogP contribution in [0.1, 0.15) is 17.0 Å². The molecule has 0 aliphatic carbocycles. The maximum Gasteiger partial charge on any atom is 0.259 e. The fourth-order valence-electron chi connectivity index (χ4n) is 2.70. The summed E-state index contributed by atoms with van der Waals surface area (Å²) in [6.45, 7) is 0.0299. The van der Waals surface area contributed by atoms with Gasteiger partial charge in [-0.15, -0.1) is 0 Å². The molecule has 1 N–H and O–H groups in total. The van der Waals surface area contributed by atoms with E-state index in [1.165, 1.54) is 0 Å². The molecule has 0 fully saturated rings. The molecule has 2 heterocycles. The quantitative estimate of drug-likeness (QED) is 0.553. The van der Waals surface area contributed by atoms with Gasteiger partial charge in [0.1, 0.15) is 0 Å². The number of rotatable bonds is 5. The van der Waals surface area contributed by atoms with Crippen molar-refractivity contribution in [2.45, 2.75) is 13.0 Å². The van der Waals surface area contributed by atoms with Crippen molar-refractivity contribution in [1.82, 2.24) is 15.1 Å². The highest BCUT2D eigenvalue weighted by Crippen LogP contribution is 2.22. The van der Waals surface area contributed by atoms with Crippen molar-refractivity contribution in [2.24, 2.45) is 0 Å². The Kier molecular flexibility index (Phi) is 4.96. The van der Waals surface area contributed by atoms with Gasteiger partial charge in [0.05, 0.1) is 17.9 Å². The third-order valence-electron chi connectivity index (χ3n) is 4.19. The Bertz CT molecular complexity index is 1030. The number of nitrogens with zero attached hydrogens (tertiary/aromatic N) is 3. The Hall–Kier alpha value is -3.02. The Labute approximate surface area is 161 Å². The van der Waals surface area contributed by atoms with Crippen LogP contribution in [0.3, 0.4) is 0 Å². The van der Waals surface area contributed by atoms with Crippen LogP contribution >= 0.6 is 11.6 Å². The van der Waals surface area contributed by atoms with Gasteiger partial charge in [0.2, 0.25) is 0 Å². The first-order valence-electron chi connectivity index (χ1n) is 8.45. The molecule has 0 unspecified atom stereocenters. The van der Waals surface area contributed by atoms with Gasteiger partial charge >= 0.3 is 0 Å². The summed E-state index contributed by atoms with van der Waals surface area (Å²) >= 11 is 5.90. The molecule has 5 nitrogen and oxygen atoms in total. The van der Waals surface area contributed by atoms with Gasteiger partial charge in [0.15, 0.2) is 5.82 Å². The number of aliphatic hydroxyl groups excluding tert-OH is 1. The zero-order valence-corrected chi connectivity index (χ0v) is 15.1. The molecule has 2 aromatic carbocycles. The first kappa shape index (κ1) is 17.4. The molecule has 6 heteroatoms. The van der Waals surface area contributed by atoms with Crippen LogP contribution in [0.4, 0.5) is 0 Å². The molecule has 134 valence electrons. The minimum Gasteiger partial charge on any atom is -0.392 e. The number of aromatic nitrogens is 3. The van der Waals surface area contributed by atoms with E-state index in [0.717, 1.165) is 27.9 Å². The van der Waals surface area contributed by atoms with E-state index in [-0.39, 0.29) is 6.61 Å². The molecule has 27 heavy (non-hydrogen) atoms. The van der Waals surface area contributed by atoms with Gasteiger partial charge < -0.3 is 9.63 Å². The predicted molar refractivity (Wildman–Crippen MR) is 103 cm³/mol. The number of benzene rings is 2. The van der Waals surface area contributed by atoms with Crippen LogP contribution < -0.4 is 0 Å². The van der Waals surface area contributed by atoms with Crippen LogP contribution in [-0.4, -0.2) is 20.2 Å². The molecule has 0 bridgehead atoms. The lowest BCUT2D eigenvalue weighted by molar-refractivity contribution is 0.282. The molecular weight excluding hydrogens is 362 g/mol. The van der Waals surface area contributed by atoms with Crippen LogP contribution in [0.25, 0.3) is 22.7 Å². The topological polar surface area (TPSA) is 72.0 Å². The van der Waals surface area contributed by atoms with Crippen LogP contribution in [0, 0.1) is 0 Å². The SMILES string of the molecule is OCc1ccc(-c2ccc(-c3nc(Cc4ccc(Cl)cc4)no3)cn2)cc1. The van der Waals surface area contributed by atoms with Gasteiger partial charge in [-0.1, -0.05) is 53.2 Å². The summed E-state index contributed by atoms with van der Waals surface area (Å²) in [6.07, 6.45) is 2.29. The molecule has 0 aliphatic heterocycles. The lowest BCUT2D eigenvalue weighted by Gasteiger charge is -2.02. The first-order valence-corrected chi connectivity index (χ1v) is 8.83. The van der Waals surface area contributed by atoms with E-state index < -0.39 is 0 Å². The Morgan fingerprint density at radius 2 is 1.56 bits per heavy atom. The Morgan fingerprint density at radius 1 is 0.852 bits per heavy atom. The van der Waals surface area contributed by atoms with Gasteiger partial charge in [-0.25, -0.2) is 0 Å². The lowest BCUT2D eigenvalue weighted by Crippen LogP contribution is -1.91. The lowest BCUT2D eigenvalue weighted by atomic mass is 10.1. The highest BCUT2D eigenvalue weighted by molar-refractivity contribution is 6.30. The van der Waals surface area contributed by atoms with Crippen molar-refractivity contribution in [1.29, 1.82) is 0 Å². The van der Waals surface area contributed by atoms with E-state index in [2.05, 4.69) is 15.1 Å². The third kappa shape index (κ3) is 4.05. The number of hydrogen-bond donors (Lipinski definition) is 1. The van der Waals surface area contributed by atoms with E-state index in [9.17, 15) is 0 Å². The van der Waals surface area contributed by atoms with E-state index in [0.29, 0.717) is 23.2 Å². The standard InChI is InChI=1S/C21H16ClN3O2/c22-18-8-3-14(4-9-18)11-20-24-21(27-25-20)17-7-10-19(23-12-17)16-5-1-15(13-26)2-6-16/h1-10,12,26H,11,13H2. The molecule has 4 aromatic rings. The highest BCUT2D eigenvalue weighted by atomic mass is 35.5. The van der Waals surface area contributed by atoms with Crippen LogP contribution in [0.15, 0.2) is 71.4 Å². The molecule has 2 aromatic heterocycles. The average Bonchev–Trinajstić information content (AvgIpc) is 3.18. The molecule has 0 saturated heterocycles. The van der Waals surface area contributed by atoms with E-state index in [1.807, 2.05) is 60.7 Å². The summed E-state index contributed by atoms with van der Waals surface area (Å²) in [5.74, 6) is 1.05. The summed E-state index contributed by atoms with van der Waals surface area (Å²) in [7, 11) is 0. The molecule has 0 atom stereocenters. The third-order valence-corrected chi connectivity index (χ3v) is 4.44. The zero-order chi connectivity index (χ0) is 18.6. The minimum atomic E-state index is 0.0299. The second-order valence-corrected chi connectivity index (χ2v) is 6.54. The minimum absolute atomic E-state index is 0.0299. The number of hydrogen-bond acceptors (Lipinski definition) is 5. The summed E-state index contributed by atoms with van der Waals surface area (Å²) in [4.78, 5) is 8.92. The van der Waals surface area contributed by atoms with Crippen LogP contribution in [-0.2, 0) is 13.0 Å². The molecule has 0 saturated carbocycles. The number of aliphatic hydroxyl groups is 1. The fourth-order valence-corrected chi connectivity index (χ4v) is 2.83. The highest BCUT2D eigenvalue weighted by Gasteiger charge is 2.10. The van der Waals surface area contributed by atoms with Gasteiger partial charge in [-0.2, -0.15) is 4.98 Å². The van der Waals surface area contributed by atoms with Gasteiger partial charge in [0.25, 0.3) is 5.89 Å².